The summed E-state index contributed by atoms with van der Waals surface area (Å²) in [5, 5.41) is 4.84. The summed E-state index contributed by atoms with van der Waals surface area (Å²) in [6.07, 6.45) is 0. The van der Waals surface area contributed by atoms with E-state index in [9.17, 15) is 1.37 Å². The molecule has 0 unspecified atom stereocenters. The summed E-state index contributed by atoms with van der Waals surface area (Å²) in [6.45, 7) is 0. The molecule has 10 rings (SSSR count). The van der Waals surface area contributed by atoms with Crippen LogP contribution in [0.1, 0.15) is 9.60 Å². The second-order valence-corrected chi connectivity index (χ2v) is 12.3. The van der Waals surface area contributed by atoms with E-state index in [1.807, 2.05) is 78.9 Å². The molecular weight excluding hydrogens is 623 g/mol. The van der Waals surface area contributed by atoms with Crippen LogP contribution in [0.5, 0.6) is 0 Å². The number of furan rings is 1. The zero-order valence-corrected chi connectivity index (χ0v) is 27.0. The molecular formula is C47H29N3O. The van der Waals surface area contributed by atoms with Crippen LogP contribution in [0.15, 0.2) is 180 Å². The van der Waals surface area contributed by atoms with E-state index in [2.05, 4.69) is 30.3 Å². The summed E-state index contributed by atoms with van der Waals surface area (Å²) < 4.78 is 67.1. The lowest BCUT2D eigenvalue weighted by molar-refractivity contribution is 0.670. The van der Waals surface area contributed by atoms with E-state index in [1.165, 1.54) is 6.07 Å². The molecule has 10 aromatic rings. The van der Waals surface area contributed by atoms with E-state index < -0.39 is 30.2 Å². The van der Waals surface area contributed by atoms with Gasteiger partial charge >= 0.3 is 0 Å². The van der Waals surface area contributed by atoms with Gasteiger partial charge in [0.25, 0.3) is 0 Å². The number of aromatic nitrogens is 3. The minimum Gasteiger partial charge on any atom is -0.455 e. The Labute approximate surface area is 304 Å². The van der Waals surface area contributed by atoms with Crippen LogP contribution >= 0.6 is 0 Å². The van der Waals surface area contributed by atoms with Crippen molar-refractivity contribution in [1.82, 2.24) is 15.0 Å². The standard InChI is InChI=1S/C47H29N3O/c1-3-12-30(13-4-1)33-22-23-35-29-36(25-24-34(35)28-33)45-48-46(39-20-11-17-31-16-7-8-18-37(31)39)50-47(49-45)41-27-26-38(32-14-5-2-6-15-32)44-43(41)40-19-9-10-21-42(40)51-44/h1-29H/i2D,5D,6D,9D,14D,15D,27D. The van der Waals surface area contributed by atoms with Gasteiger partial charge in [-0.1, -0.05) is 145 Å². The molecule has 0 saturated carbocycles. The van der Waals surface area contributed by atoms with Crippen molar-refractivity contribution >= 4 is 43.5 Å². The summed E-state index contributed by atoms with van der Waals surface area (Å²) in [5.41, 5.74) is 4.62. The molecule has 238 valence electrons. The largest absolute Gasteiger partial charge is 0.455 e. The molecule has 4 heteroatoms. The highest BCUT2D eigenvalue weighted by molar-refractivity contribution is 6.15. The SMILES string of the molecule is [2H]c1ccc2oc3c(-c4c([2H])c([2H])c([2H])c([2H])c4[2H])cc([2H])c(-c4nc(-c5ccc6cc(-c7ccccc7)ccc6c5)nc(-c5cccc6ccccc56)n4)c3c2c1. The lowest BCUT2D eigenvalue weighted by Crippen LogP contribution is -2.01. The Hall–Kier alpha value is -6.91. The first-order valence-corrected chi connectivity index (χ1v) is 16.5. The molecule has 0 saturated heterocycles. The lowest BCUT2D eigenvalue weighted by Gasteiger charge is -2.12. The predicted octanol–water partition coefficient (Wildman–Crippen LogP) is 12.4. The van der Waals surface area contributed by atoms with Gasteiger partial charge < -0.3 is 4.42 Å². The fraction of sp³-hybridized carbons (Fsp3) is 0. The average molecular weight is 659 g/mol. The normalized spacial score (nSPS) is 13.5. The van der Waals surface area contributed by atoms with Gasteiger partial charge in [-0.05, 0) is 68.5 Å². The quantitative estimate of drug-likeness (QED) is 0.185. The number of para-hydroxylation sites is 1. The zero-order valence-electron chi connectivity index (χ0n) is 34.0. The summed E-state index contributed by atoms with van der Waals surface area (Å²) in [5.74, 6) is 0.930. The van der Waals surface area contributed by atoms with Crippen molar-refractivity contribution < 1.29 is 14.0 Å². The Morgan fingerprint density at radius 3 is 2.00 bits per heavy atom. The van der Waals surface area contributed by atoms with Crippen molar-refractivity contribution in [3.05, 3.63) is 176 Å². The van der Waals surface area contributed by atoms with Crippen molar-refractivity contribution in [2.24, 2.45) is 0 Å². The van der Waals surface area contributed by atoms with E-state index in [4.69, 9.17) is 27.6 Å². The number of rotatable bonds is 5. The molecule has 0 aliphatic heterocycles. The summed E-state index contributed by atoms with van der Waals surface area (Å²) >= 11 is 0. The molecule has 0 N–H and O–H groups in total. The van der Waals surface area contributed by atoms with Crippen LogP contribution in [0.25, 0.3) is 99.9 Å². The van der Waals surface area contributed by atoms with Crippen LogP contribution < -0.4 is 0 Å². The van der Waals surface area contributed by atoms with Crippen LogP contribution in [0.2, 0.25) is 0 Å². The first-order valence-electron chi connectivity index (χ1n) is 20.0. The van der Waals surface area contributed by atoms with Crippen LogP contribution in [-0.2, 0) is 0 Å². The molecule has 4 nitrogen and oxygen atoms in total. The summed E-state index contributed by atoms with van der Waals surface area (Å²) in [4.78, 5) is 15.2. The summed E-state index contributed by atoms with van der Waals surface area (Å²) in [7, 11) is 0. The topological polar surface area (TPSA) is 51.8 Å². The molecule has 0 radical (unpaired) electrons. The minimum absolute atomic E-state index is 0.0691. The Morgan fingerprint density at radius 1 is 0.412 bits per heavy atom. The number of fused-ring (bicyclic) bond motifs is 5. The van der Waals surface area contributed by atoms with Crippen molar-refractivity contribution in [2.75, 3.05) is 0 Å². The molecule has 0 aliphatic rings. The van der Waals surface area contributed by atoms with Crippen molar-refractivity contribution in [1.29, 1.82) is 0 Å². The molecule has 0 spiro atoms. The number of hydrogen-bond donors (Lipinski definition) is 0. The lowest BCUT2D eigenvalue weighted by atomic mass is 9.98. The molecule has 51 heavy (non-hydrogen) atoms. The third kappa shape index (κ3) is 5.04. The maximum absolute atomic E-state index is 9.58. The maximum atomic E-state index is 9.58. The van der Waals surface area contributed by atoms with Crippen molar-refractivity contribution in [2.45, 2.75) is 0 Å². The fourth-order valence-electron chi connectivity index (χ4n) is 6.80. The highest BCUT2D eigenvalue weighted by atomic mass is 16.3. The zero-order chi connectivity index (χ0) is 39.8. The molecule has 0 aliphatic carbocycles. The van der Waals surface area contributed by atoms with Gasteiger partial charge in [-0.15, -0.1) is 0 Å². The fourth-order valence-corrected chi connectivity index (χ4v) is 6.80. The van der Waals surface area contributed by atoms with Crippen LogP contribution in [-0.4, -0.2) is 15.0 Å². The molecule has 0 atom stereocenters. The van der Waals surface area contributed by atoms with Crippen LogP contribution in [0, 0.1) is 0 Å². The Balaban J connectivity index is 1.26. The molecule has 0 fully saturated rings. The van der Waals surface area contributed by atoms with Gasteiger partial charge in [0.1, 0.15) is 11.2 Å². The van der Waals surface area contributed by atoms with E-state index >= 15 is 0 Å². The van der Waals surface area contributed by atoms with Gasteiger partial charge in [0, 0.05) is 33.0 Å². The Bertz CT molecular complexity index is 3300. The molecule has 8 aromatic carbocycles. The minimum atomic E-state index is -0.523. The highest BCUT2D eigenvalue weighted by Crippen LogP contribution is 2.42. The van der Waals surface area contributed by atoms with Gasteiger partial charge in [0.05, 0.1) is 9.60 Å². The van der Waals surface area contributed by atoms with E-state index in [0.717, 1.165) is 43.8 Å². The second kappa shape index (κ2) is 11.9. The summed E-state index contributed by atoms with van der Waals surface area (Å²) in [6, 6.07) is 40.5. The van der Waals surface area contributed by atoms with Gasteiger partial charge in [-0.3, -0.25) is 0 Å². The Morgan fingerprint density at radius 2 is 1.14 bits per heavy atom. The monoisotopic (exact) mass is 658 g/mol. The van der Waals surface area contributed by atoms with Crippen molar-refractivity contribution in [3.63, 3.8) is 0 Å². The van der Waals surface area contributed by atoms with Gasteiger partial charge in [-0.25, -0.2) is 15.0 Å². The average Bonchev–Trinajstić information content (AvgIpc) is 3.63. The van der Waals surface area contributed by atoms with Gasteiger partial charge in [0.2, 0.25) is 0 Å². The first-order chi connectivity index (χ1) is 28.1. The predicted molar refractivity (Wildman–Crippen MR) is 209 cm³/mol. The Kier molecular flexibility index (Phi) is 5.29. The van der Waals surface area contributed by atoms with E-state index in [-0.39, 0.29) is 40.2 Å². The van der Waals surface area contributed by atoms with Crippen LogP contribution in [0.3, 0.4) is 0 Å². The second-order valence-electron chi connectivity index (χ2n) is 12.3. The molecule has 2 heterocycles. The van der Waals surface area contributed by atoms with Crippen LogP contribution in [0.4, 0.5) is 0 Å². The third-order valence-corrected chi connectivity index (χ3v) is 9.25. The third-order valence-electron chi connectivity index (χ3n) is 9.25. The van der Waals surface area contributed by atoms with Gasteiger partial charge in [-0.2, -0.15) is 0 Å². The molecule has 2 aromatic heterocycles. The smallest absolute Gasteiger partial charge is 0.164 e. The molecule has 0 bridgehead atoms. The number of benzene rings is 8. The highest BCUT2D eigenvalue weighted by Gasteiger charge is 2.21. The van der Waals surface area contributed by atoms with Gasteiger partial charge in [0.15, 0.2) is 17.5 Å². The number of nitrogens with zero attached hydrogens (tertiary/aromatic N) is 3. The van der Waals surface area contributed by atoms with Crippen molar-refractivity contribution in [3.8, 4) is 56.4 Å². The maximum Gasteiger partial charge on any atom is 0.164 e. The molecule has 0 amide bonds. The first kappa shape index (κ1) is 22.7. The van der Waals surface area contributed by atoms with E-state index in [1.54, 1.807) is 18.2 Å². The number of hydrogen-bond acceptors (Lipinski definition) is 4. The van der Waals surface area contributed by atoms with E-state index in [0.29, 0.717) is 28.0 Å².